The number of aryl methyl sites for hydroxylation is 1. The standard InChI is InChI=1S/C17H14N4S/c18-9-12-11-5-1-4-8-15(11)22-17(12)19-10-16-20-13-6-2-3-7-14(13)21-16/h2-3,6-7,10H,1,4-5,8H2,(H,20,21). The SMILES string of the molecule is N#Cc1c(N=Cc2nc3ccccc3[nH]2)sc2c1CCCC2. The van der Waals surface area contributed by atoms with Crippen LogP contribution in [0.4, 0.5) is 5.00 Å². The molecule has 0 fully saturated rings. The van der Waals surface area contributed by atoms with Crippen LogP contribution >= 0.6 is 11.3 Å². The van der Waals surface area contributed by atoms with Crippen molar-refractivity contribution in [3.8, 4) is 6.07 Å². The van der Waals surface area contributed by atoms with Crippen LogP contribution in [0.5, 0.6) is 0 Å². The smallest absolute Gasteiger partial charge is 0.149 e. The first-order valence-electron chi connectivity index (χ1n) is 7.38. The predicted octanol–water partition coefficient (Wildman–Crippen LogP) is 4.13. The van der Waals surface area contributed by atoms with Crippen molar-refractivity contribution in [2.75, 3.05) is 0 Å². The van der Waals surface area contributed by atoms with E-state index in [1.165, 1.54) is 23.3 Å². The number of aliphatic imine (C=N–C) groups is 1. The molecule has 1 aliphatic rings. The minimum atomic E-state index is 0.719. The number of aromatic nitrogens is 2. The molecular weight excluding hydrogens is 292 g/mol. The molecule has 0 bridgehead atoms. The van der Waals surface area contributed by atoms with Gasteiger partial charge in [0.25, 0.3) is 0 Å². The Morgan fingerprint density at radius 2 is 2.14 bits per heavy atom. The maximum absolute atomic E-state index is 9.43. The highest BCUT2D eigenvalue weighted by Gasteiger charge is 2.20. The number of hydrogen-bond acceptors (Lipinski definition) is 4. The molecule has 1 N–H and O–H groups in total. The Morgan fingerprint density at radius 1 is 1.27 bits per heavy atom. The number of nitriles is 1. The minimum absolute atomic E-state index is 0.719. The van der Waals surface area contributed by atoms with Crippen LogP contribution in [0, 0.1) is 11.3 Å². The third-order valence-corrected chi connectivity index (χ3v) is 5.18. The summed E-state index contributed by atoms with van der Waals surface area (Å²) in [5.41, 5.74) is 3.90. The number of benzene rings is 1. The van der Waals surface area contributed by atoms with Gasteiger partial charge in [-0.15, -0.1) is 11.3 Å². The Hall–Kier alpha value is -2.45. The second-order valence-corrected chi connectivity index (χ2v) is 6.48. The summed E-state index contributed by atoms with van der Waals surface area (Å²) in [5, 5.41) is 10.2. The van der Waals surface area contributed by atoms with Crippen LogP contribution in [0.1, 0.15) is 34.7 Å². The summed E-state index contributed by atoms with van der Waals surface area (Å²) in [6, 6.07) is 10.2. The monoisotopic (exact) mass is 306 g/mol. The highest BCUT2D eigenvalue weighted by molar-refractivity contribution is 7.16. The van der Waals surface area contributed by atoms with E-state index in [-0.39, 0.29) is 0 Å². The predicted molar refractivity (Wildman–Crippen MR) is 89.0 cm³/mol. The molecular formula is C17H14N4S. The number of imidazole rings is 1. The zero-order valence-corrected chi connectivity index (χ0v) is 12.8. The number of thiophene rings is 1. The fourth-order valence-corrected chi connectivity index (χ4v) is 4.09. The summed E-state index contributed by atoms with van der Waals surface area (Å²) < 4.78 is 0. The highest BCUT2D eigenvalue weighted by atomic mass is 32.1. The maximum atomic E-state index is 9.43. The van der Waals surface area contributed by atoms with E-state index in [2.05, 4.69) is 21.0 Å². The molecule has 0 radical (unpaired) electrons. The van der Waals surface area contributed by atoms with Gasteiger partial charge in [-0.1, -0.05) is 12.1 Å². The summed E-state index contributed by atoms with van der Waals surface area (Å²) in [6.45, 7) is 0. The Labute approximate surface area is 132 Å². The van der Waals surface area contributed by atoms with Crippen molar-refractivity contribution >= 4 is 33.6 Å². The Balaban J connectivity index is 1.71. The van der Waals surface area contributed by atoms with E-state index in [9.17, 15) is 5.26 Å². The van der Waals surface area contributed by atoms with Gasteiger partial charge in [-0.3, -0.25) is 0 Å². The topological polar surface area (TPSA) is 64.8 Å². The van der Waals surface area contributed by atoms with Crippen molar-refractivity contribution < 1.29 is 0 Å². The molecule has 1 aliphatic carbocycles. The lowest BCUT2D eigenvalue weighted by Gasteiger charge is -2.09. The summed E-state index contributed by atoms with van der Waals surface area (Å²) in [6.07, 6.45) is 6.19. The molecule has 2 heterocycles. The lowest BCUT2D eigenvalue weighted by molar-refractivity contribution is 0.696. The van der Waals surface area contributed by atoms with Crippen molar-refractivity contribution in [2.45, 2.75) is 25.7 Å². The van der Waals surface area contributed by atoms with Crippen LogP contribution < -0.4 is 0 Å². The summed E-state index contributed by atoms with van der Waals surface area (Å²) in [5.74, 6) is 0.719. The second-order valence-electron chi connectivity index (χ2n) is 5.40. The molecule has 1 aromatic carbocycles. The van der Waals surface area contributed by atoms with Gasteiger partial charge in [-0.25, -0.2) is 9.98 Å². The van der Waals surface area contributed by atoms with E-state index in [0.29, 0.717) is 0 Å². The lowest BCUT2D eigenvalue weighted by atomic mass is 9.96. The highest BCUT2D eigenvalue weighted by Crippen LogP contribution is 2.39. The first-order valence-corrected chi connectivity index (χ1v) is 8.20. The molecule has 0 amide bonds. The number of nitrogens with zero attached hydrogens (tertiary/aromatic N) is 3. The third kappa shape index (κ3) is 2.22. The van der Waals surface area contributed by atoms with Crippen LogP contribution in [0.15, 0.2) is 29.3 Å². The summed E-state index contributed by atoms with van der Waals surface area (Å²) >= 11 is 1.65. The number of hydrogen-bond donors (Lipinski definition) is 1. The minimum Gasteiger partial charge on any atom is -0.337 e. The van der Waals surface area contributed by atoms with E-state index in [0.717, 1.165) is 40.3 Å². The molecule has 0 unspecified atom stereocenters. The molecule has 0 spiro atoms. The van der Waals surface area contributed by atoms with Crippen molar-refractivity contribution in [3.63, 3.8) is 0 Å². The van der Waals surface area contributed by atoms with Crippen molar-refractivity contribution in [3.05, 3.63) is 46.1 Å². The maximum Gasteiger partial charge on any atom is 0.149 e. The second kappa shape index (κ2) is 5.39. The van der Waals surface area contributed by atoms with Gasteiger partial charge in [0.05, 0.1) is 22.8 Å². The van der Waals surface area contributed by atoms with Gasteiger partial charge in [-0.05, 0) is 43.4 Å². The van der Waals surface area contributed by atoms with Crippen LogP contribution in [0.25, 0.3) is 11.0 Å². The van der Waals surface area contributed by atoms with Crippen molar-refractivity contribution in [1.29, 1.82) is 5.26 Å². The van der Waals surface area contributed by atoms with Crippen LogP contribution in [-0.2, 0) is 12.8 Å². The number of H-pyrrole nitrogens is 1. The largest absolute Gasteiger partial charge is 0.337 e. The molecule has 108 valence electrons. The molecule has 4 rings (SSSR count). The normalized spacial score (nSPS) is 14.3. The Morgan fingerprint density at radius 3 is 3.00 bits per heavy atom. The molecule has 2 aromatic heterocycles. The first kappa shape index (κ1) is 13.2. The van der Waals surface area contributed by atoms with E-state index >= 15 is 0 Å². The molecule has 0 saturated carbocycles. The first-order chi connectivity index (χ1) is 10.8. The number of rotatable bonds is 2. The van der Waals surface area contributed by atoms with Gasteiger partial charge in [0, 0.05) is 4.88 Å². The van der Waals surface area contributed by atoms with E-state index in [1.807, 2.05) is 24.3 Å². The average Bonchev–Trinajstić information content (AvgIpc) is 3.12. The van der Waals surface area contributed by atoms with E-state index in [1.54, 1.807) is 17.6 Å². The van der Waals surface area contributed by atoms with Crippen LogP contribution in [0.2, 0.25) is 0 Å². The van der Waals surface area contributed by atoms with Gasteiger partial charge < -0.3 is 4.98 Å². The van der Waals surface area contributed by atoms with E-state index in [4.69, 9.17) is 0 Å². The fourth-order valence-electron chi connectivity index (χ4n) is 2.91. The number of fused-ring (bicyclic) bond motifs is 2. The molecule has 4 nitrogen and oxygen atoms in total. The molecule has 0 aliphatic heterocycles. The van der Waals surface area contributed by atoms with Gasteiger partial charge in [0.1, 0.15) is 16.9 Å². The molecule has 0 atom stereocenters. The van der Waals surface area contributed by atoms with E-state index < -0.39 is 0 Å². The molecule has 3 aromatic rings. The number of nitrogens with one attached hydrogen (secondary N) is 1. The van der Waals surface area contributed by atoms with Gasteiger partial charge >= 0.3 is 0 Å². The Kier molecular flexibility index (Phi) is 3.24. The zero-order chi connectivity index (χ0) is 14.9. The average molecular weight is 306 g/mol. The van der Waals surface area contributed by atoms with Crippen LogP contribution in [0.3, 0.4) is 0 Å². The fraction of sp³-hybridized carbons (Fsp3) is 0.235. The number of aromatic amines is 1. The van der Waals surface area contributed by atoms with Crippen molar-refractivity contribution in [1.82, 2.24) is 9.97 Å². The molecule has 5 heteroatoms. The van der Waals surface area contributed by atoms with Gasteiger partial charge in [0.2, 0.25) is 0 Å². The molecule has 22 heavy (non-hydrogen) atoms. The lowest BCUT2D eigenvalue weighted by Crippen LogP contribution is -1.99. The Bertz CT molecular complexity index is 878. The quantitative estimate of drug-likeness (QED) is 0.724. The van der Waals surface area contributed by atoms with Crippen LogP contribution in [-0.4, -0.2) is 16.2 Å². The third-order valence-electron chi connectivity index (χ3n) is 3.98. The van der Waals surface area contributed by atoms with Gasteiger partial charge in [-0.2, -0.15) is 5.26 Å². The summed E-state index contributed by atoms with van der Waals surface area (Å²) in [7, 11) is 0. The zero-order valence-electron chi connectivity index (χ0n) is 12.0. The summed E-state index contributed by atoms with van der Waals surface area (Å²) in [4.78, 5) is 13.6. The van der Waals surface area contributed by atoms with Gasteiger partial charge in [0.15, 0.2) is 0 Å². The van der Waals surface area contributed by atoms with Crippen molar-refractivity contribution in [2.24, 2.45) is 4.99 Å². The number of para-hydroxylation sites is 2. The molecule has 0 saturated heterocycles.